The molecule has 0 amide bonds. The summed E-state index contributed by atoms with van der Waals surface area (Å²) < 4.78 is 4.51. The van der Waals surface area contributed by atoms with E-state index in [9.17, 15) is 15.0 Å². The zero-order valence-corrected chi connectivity index (χ0v) is 10.2. The molecule has 2 atom stereocenters. The summed E-state index contributed by atoms with van der Waals surface area (Å²) in [5, 5.41) is 19.2. The molecule has 0 saturated carbocycles. The number of aromatic nitrogens is 1. The quantitative estimate of drug-likeness (QED) is 0.629. The molecular formula is C10H12BrNO4. The van der Waals surface area contributed by atoms with Crippen molar-refractivity contribution in [1.82, 2.24) is 4.98 Å². The molecule has 0 aromatic carbocycles. The zero-order chi connectivity index (χ0) is 12.1. The van der Waals surface area contributed by atoms with Gasteiger partial charge in [0.2, 0.25) is 0 Å². The van der Waals surface area contributed by atoms with Crippen LogP contribution in [0.3, 0.4) is 0 Å². The van der Waals surface area contributed by atoms with Crippen LogP contribution < -0.4 is 0 Å². The lowest BCUT2D eigenvalue weighted by Crippen LogP contribution is -2.20. The van der Waals surface area contributed by atoms with E-state index in [0.29, 0.717) is 11.3 Å². The summed E-state index contributed by atoms with van der Waals surface area (Å²) in [4.78, 5) is 15.0. The van der Waals surface area contributed by atoms with Crippen LogP contribution in [0.15, 0.2) is 18.3 Å². The average molecular weight is 290 g/mol. The first-order chi connectivity index (χ1) is 7.60. The Hall–Kier alpha value is -0.980. The van der Waals surface area contributed by atoms with Crippen LogP contribution >= 0.6 is 15.9 Å². The summed E-state index contributed by atoms with van der Waals surface area (Å²) in [6.07, 6.45) is -0.715. The first-order valence-electron chi connectivity index (χ1n) is 4.56. The van der Waals surface area contributed by atoms with Crippen molar-refractivity contribution in [2.75, 3.05) is 12.4 Å². The largest absolute Gasteiger partial charge is 0.465 e. The Kier molecular flexibility index (Phi) is 4.85. The first-order valence-corrected chi connectivity index (χ1v) is 5.68. The van der Waals surface area contributed by atoms with Crippen LogP contribution in [0.25, 0.3) is 0 Å². The highest BCUT2D eigenvalue weighted by atomic mass is 79.9. The van der Waals surface area contributed by atoms with E-state index in [0.717, 1.165) is 0 Å². The molecule has 0 aliphatic rings. The molecule has 1 aromatic heterocycles. The van der Waals surface area contributed by atoms with E-state index in [-0.39, 0.29) is 5.33 Å². The molecule has 0 saturated heterocycles. The second-order valence-electron chi connectivity index (χ2n) is 3.13. The Morgan fingerprint density at radius 1 is 1.56 bits per heavy atom. The van der Waals surface area contributed by atoms with Crippen LogP contribution in [0.5, 0.6) is 0 Å². The van der Waals surface area contributed by atoms with Gasteiger partial charge in [-0.3, -0.25) is 4.98 Å². The molecule has 0 aliphatic heterocycles. The van der Waals surface area contributed by atoms with Gasteiger partial charge in [0.05, 0.1) is 24.5 Å². The topological polar surface area (TPSA) is 79.7 Å². The zero-order valence-electron chi connectivity index (χ0n) is 8.63. The average Bonchev–Trinajstić information content (AvgIpc) is 2.36. The smallest absolute Gasteiger partial charge is 0.339 e. The van der Waals surface area contributed by atoms with Crippen LogP contribution in [-0.2, 0) is 4.74 Å². The van der Waals surface area contributed by atoms with E-state index in [4.69, 9.17) is 0 Å². The monoisotopic (exact) mass is 289 g/mol. The van der Waals surface area contributed by atoms with Crippen molar-refractivity contribution < 1.29 is 19.7 Å². The molecule has 0 radical (unpaired) electrons. The van der Waals surface area contributed by atoms with Gasteiger partial charge in [-0.05, 0) is 12.1 Å². The minimum Gasteiger partial charge on any atom is -0.465 e. The molecule has 6 heteroatoms. The van der Waals surface area contributed by atoms with Gasteiger partial charge in [0.15, 0.2) is 0 Å². The summed E-state index contributed by atoms with van der Waals surface area (Å²) >= 11 is 3.05. The Morgan fingerprint density at radius 2 is 2.25 bits per heavy atom. The third kappa shape index (κ3) is 3.01. The fourth-order valence-corrected chi connectivity index (χ4v) is 1.45. The molecule has 0 bridgehead atoms. The van der Waals surface area contributed by atoms with Crippen LogP contribution in [0.1, 0.15) is 22.2 Å². The minimum atomic E-state index is -1.08. The maximum atomic E-state index is 11.1. The van der Waals surface area contributed by atoms with Gasteiger partial charge in [-0.15, -0.1) is 0 Å². The second-order valence-corrected chi connectivity index (χ2v) is 3.78. The molecule has 5 nitrogen and oxygen atoms in total. The van der Waals surface area contributed by atoms with Crippen molar-refractivity contribution in [1.29, 1.82) is 0 Å². The molecule has 1 rings (SSSR count). The molecule has 1 aromatic rings. The number of nitrogens with zero attached hydrogens (tertiary/aromatic N) is 1. The number of hydrogen-bond acceptors (Lipinski definition) is 5. The Labute approximate surface area is 101 Å². The fraction of sp³-hybridized carbons (Fsp3) is 0.400. The number of aliphatic hydroxyl groups excluding tert-OH is 2. The molecule has 1 heterocycles. The lowest BCUT2D eigenvalue weighted by atomic mass is 10.1. The predicted molar refractivity (Wildman–Crippen MR) is 60.3 cm³/mol. The summed E-state index contributed by atoms with van der Waals surface area (Å²) in [6.45, 7) is 0. The summed E-state index contributed by atoms with van der Waals surface area (Å²) in [6, 6.07) is 2.96. The second kappa shape index (κ2) is 5.93. The van der Waals surface area contributed by atoms with Crippen LogP contribution in [0.4, 0.5) is 0 Å². The Balaban J connectivity index is 2.82. The highest BCUT2D eigenvalue weighted by Crippen LogP contribution is 2.16. The SMILES string of the molecule is COC(=O)c1ccc(C(O)C(O)CBr)nc1. The number of ether oxygens (including phenoxy) is 1. The van der Waals surface area contributed by atoms with E-state index in [2.05, 4.69) is 25.7 Å². The molecule has 88 valence electrons. The van der Waals surface area contributed by atoms with E-state index in [1.54, 1.807) is 0 Å². The van der Waals surface area contributed by atoms with Gasteiger partial charge in [0.1, 0.15) is 6.10 Å². The number of hydrogen-bond donors (Lipinski definition) is 2. The lowest BCUT2D eigenvalue weighted by Gasteiger charge is -2.14. The third-order valence-corrected chi connectivity index (χ3v) is 2.70. The maximum absolute atomic E-state index is 11.1. The Bertz CT molecular complexity index is 354. The highest BCUT2D eigenvalue weighted by Gasteiger charge is 2.18. The number of methoxy groups -OCH3 is 1. The normalized spacial score (nSPS) is 14.2. The molecule has 2 N–H and O–H groups in total. The number of halogens is 1. The number of carbonyl (C=O) groups is 1. The number of esters is 1. The fourth-order valence-electron chi connectivity index (χ4n) is 1.10. The number of rotatable bonds is 4. The number of alkyl halides is 1. The molecule has 16 heavy (non-hydrogen) atoms. The van der Waals surface area contributed by atoms with E-state index in [1.807, 2.05) is 0 Å². The van der Waals surface area contributed by atoms with E-state index >= 15 is 0 Å². The van der Waals surface area contributed by atoms with Crippen molar-refractivity contribution in [3.8, 4) is 0 Å². The van der Waals surface area contributed by atoms with E-state index < -0.39 is 18.2 Å². The van der Waals surface area contributed by atoms with Crippen LogP contribution in [-0.4, -0.2) is 39.7 Å². The molecule has 0 aliphatic carbocycles. The third-order valence-electron chi connectivity index (χ3n) is 2.03. The maximum Gasteiger partial charge on any atom is 0.339 e. The van der Waals surface area contributed by atoms with Gasteiger partial charge in [-0.2, -0.15) is 0 Å². The molecule has 0 spiro atoms. The number of pyridine rings is 1. The van der Waals surface area contributed by atoms with Gasteiger partial charge in [0, 0.05) is 11.5 Å². The first kappa shape index (κ1) is 13.1. The molecular weight excluding hydrogens is 278 g/mol. The van der Waals surface area contributed by atoms with Crippen molar-refractivity contribution in [3.63, 3.8) is 0 Å². The van der Waals surface area contributed by atoms with Crippen molar-refractivity contribution >= 4 is 21.9 Å². The molecule has 2 unspecified atom stereocenters. The van der Waals surface area contributed by atoms with Gasteiger partial charge >= 0.3 is 5.97 Å². The number of aliphatic hydroxyl groups is 2. The van der Waals surface area contributed by atoms with Crippen molar-refractivity contribution in [2.24, 2.45) is 0 Å². The summed E-state index contributed by atoms with van der Waals surface area (Å²) in [5.41, 5.74) is 0.603. The molecule has 0 fully saturated rings. The van der Waals surface area contributed by atoms with Crippen LogP contribution in [0.2, 0.25) is 0 Å². The number of carbonyl (C=O) groups excluding carboxylic acids is 1. The highest BCUT2D eigenvalue weighted by molar-refractivity contribution is 9.09. The minimum absolute atomic E-state index is 0.245. The van der Waals surface area contributed by atoms with Crippen molar-refractivity contribution in [3.05, 3.63) is 29.6 Å². The standard InChI is InChI=1S/C10H12BrNO4/c1-16-10(15)6-2-3-7(12-5-6)9(14)8(13)4-11/h2-3,5,8-9,13-14H,4H2,1H3. The van der Waals surface area contributed by atoms with Gasteiger partial charge in [-0.25, -0.2) is 4.79 Å². The summed E-state index contributed by atoms with van der Waals surface area (Å²) in [5.74, 6) is -0.491. The lowest BCUT2D eigenvalue weighted by molar-refractivity contribution is 0.0315. The predicted octanol–water partition coefficient (Wildman–Crippen LogP) is 0.657. The van der Waals surface area contributed by atoms with Crippen LogP contribution in [0, 0.1) is 0 Å². The Morgan fingerprint density at radius 3 is 2.69 bits per heavy atom. The van der Waals surface area contributed by atoms with E-state index in [1.165, 1.54) is 25.4 Å². The van der Waals surface area contributed by atoms with Gasteiger partial charge < -0.3 is 14.9 Å². The van der Waals surface area contributed by atoms with Crippen molar-refractivity contribution in [2.45, 2.75) is 12.2 Å². The summed E-state index contributed by atoms with van der Waals surface area (Å²) in [7, 11) is 1.28. The van der Waals surface area contributed by atoms with Gasteiger partial charge in [-0.1, -0.05) is 15.9 Å². The van der Waals surface area contributed by atoms with Gasteiger partial charge in [0.25, 0.3) is 0 Å².